The summed E-state index contributed by atoms with van der Waals surface area (Å²) in [7, 11) is 0. The molecule has 8 heteroatoms. The second kappa shape index (κ2) is 9.37. The van der Waals surface area contributed by atoms with Crippen molar-refractivity contribution in [2.45, 2.75) is 26.4 Å². The fraction of sp³-hybridized carbons (Fsp3) is 0.154. The SMILES string of the molecule is CCCc1cc(F)c(OCc2cc(F)c(-c3ccc4c(F)c(F)c(F)cc4c3)c(F)c2)c(F)c1. The molecule has 0 bridgehead atoms. The van der Waals surface area contributed by atoms with E-state index in [1.165, 1.54) is 6.07 Å². The summed E-state index contributed by atoms with van der Waals surface area (Å²) >= 11 is 0. The predicted molar refractivity (Wildman–Crippen MR) is 114 cm³/mol. The predicted octanol–water partition coefficient (Wildman–Crippen LogP) is 8.01. The van der Waals surface area contributed by atoms with Crippen LogP contribution < -0.4 is 4.74 Å². The lowest BCUT2D eigenvalue weighted by molar-refractivity contribution is 0.273. The summed E-state index contributed by atoms with van der Waals surface area (Å²) in [4.78, 5) is 0. The molecule has 0 saturated carbocycles. The highest BCUT2D eigenvalue weighted by atomic mass is 19.2. The lowest BCUT2D eigenvalue weighted by atomic mass is 9.98. The molecule has 0 fully saturated rings. The standard InChI is InChI=1S/C26H17F7O/c1-2-3-13-6-21(30)26(22(31)7-13)34-12-14-8-18(27)23(19(28)9-14)15-4-5-17-16(10-15)11-20(29)25(33)24(17)32/h4-11H,2-3,12H2,1H3. The van der Waals surface area contributed by atoms with Crippen molar-refractivity contribution in [3.05, 3.63) is 100 Å². The molecule has 0 aromatic heterocycles. The molecule has 0 aliphatic rings. The van der Waals surface area contributed by atoms with Gasteiger partial charge >= 0.3 is 0 Å². The molecule has 0 aliphatic carbocycles. The summed E-state index contributed by atoms with van der Waals surface area (Å²) < 4.78 is 104. The molecule has 0 radical (unpaired) electrons. The van der Waals surface area contributed by atoms with Gasteiger partial charge in [0.15, 0.2) is 34.8 Å². The van der Waals surface area contributed by atoms with Crippen LogP contribution in [0.5, 0.6) is 5.75 Å². The molecule has 4 aromatic rings. The molecule has 4 aromatic carbocycles. The van der Waals surface area contributed by atoms with Gasteiger partial charge in [0.05, 0.1) is 5.56 Å². The first-order valence-corrected chi connectivity index (χ1v) is 10.4. The molecule has 0 aliphatic heterocycles. The molecule has 0 heterocycles. The molecule has 0 unspecified atom stereocenters. The molecule has 176 valence electrons. The van der Waals surface area contributed by atoms with Gasteiger partial charge in [-0.15, -0.1) is 0 Å². The van der Waals surface area contributed by atoms with Crippen molar-refractivity contribution in [1.29, 1.82) is 0 Å². The monoisotopic (exact) mass is 478 g/mol. The second-order valence-electron chi connectivity index (χ2n) is 7.78. The van der Waals surface area contributed by atoms with Crippen molar-refractivity contribution in [3.8, 4) is 16.9 Å². The van der Waals surface area contributed by atoms with Crippen molar-refractivity contribution in [2.24, 2.45) is 0 Å². The average Bonchev–Trinajstić information content (AvgIpc) is 2.76. The van der Waals surface area contributed by atoms with E-state index in [1.54, 1.807) is 0 Å². The van der Waals surface area contributed by atoms with Crippen LogP contribution in [0.1, 0.15) is 24.5 Å². The zero-order chi connectivity index (χ0) is 24.6. The third-order valence-electron chi connectivity index (χ3n) is 5.34. The Hall–Kier alpha value is -3.55. The molecular formula is C26H17F7O. The molecule has 0 amide bonds. The van der Waals surface area contributed by atoms with E-state index in [0.717, 1.165) is 42.5 Å². The van der Waals surface area contributed by atoms with Crippen LogP contribution in [0.3, 0.4) is 0 Å². The maximum atomic E-state index is 14.8. The molecule has 34 heavy (non-hydrogen) atoms. The first-order chi connectivity index (χ1) is 16.2. The molecular weight excluding hydrogens is 461 g/mol. The highest BCUT2D eigenvalue weighted by molar-refractivity contribution is 5.88. The highest BCUT2D eigenvalue weighted by Crippen LogP contribution is 2.32. The van der Waals surface area contributed by atoms with Gasteiger partial charge in [-0.2, -0.15) is 0 Å². The maximum Gasteiger partial charge on any atom is 0.195 e. The molecule has 0 atom stereocenters. The minimum atomic E-state index is -1.64. The van der Waals surface area contributed by atoms with E-state index in [0.29, 0.717) is 18.4 Å². The minimum Gasteiger partial charge on any atom is -0.483 e. The van der Waals surface area contributed by atoms with Crippen LogP contribution in [0.2, 0.25) is 0 Å². The lowest BCUT2D eigenvalue weighted by Crippen LogP contribution is -2.03. The summed E-state index contributed by atoms with van der Waals surface area (Å²) in [6.45, 7) is 1.35. The number of hydrogen-bond donors (Lipinski definition) is 0. The highest BCUT2D eigenvalue weighted by Gasteiger charge is 2.19. The van der Waals surface area contributed by atoms with Gasteiger partial charge in [0.25, 0.3) is 0 Å². The molecule has 0 saturated heterocycles. The number of benzene rings is 4. The average molecular weight is 478 g/mol. The topological polar surface area (TPSA) is 9.23 Å². The first kappa shape index (κ1) is 23.6. The second-order valence-corrected chi connectivity index (χ2v) is 7.78. The Labute approximate surface area is 190 Å². The van der Waals surface area contributed by atoms with E-state index < -0.39 is 58.6 Å². The van der Waals surface area contributed by atoms with Crippen molar-refractivity contribution in [2.75, 3.05) is 0 Å². The largest absolute Gasteiger partial charge is 0.483 e. The Kier molecular flexibility index (Phi) is 6.50. The van der Waals surface area contributed by atoms with E-state index in [1.807, 2.05) is 6.92 Å². The maximum absolute atomic E-state index is 14.8. The van der Waals surface area contributed by atoms with Crippen molar-refractivity contribution in [3.63, 3.8) is 0 Å². The Morgan fingerprint density at radius 1 is 0.647 bits per heavy atom. The third-order valence-corrected chi connectivity index (χ3v) is 5.34. The van der Waals surface area contributed by atoms with Crippen LogP contribution in [-0.4, -0.2) is 0 Å². The van der Waals surface area contributed by atoms with Crippen LogP contribution in [0.4, 0.5) is 30.7 Å². The minimum absolute atomic E-state index is 0.0323. The van der Waals surface area contributed by atoms with Crippen LogP contribution in [0.15, 0.2) is 48.5 Å². The summed E-state index contributed by atoms with van der Waals surface area (Å²) in [5.74, 6) is -9.04. The van der Waals surface area contributed by atoms with Gasteiger partial charge in [0.2, 0.25) is 0 Å². The summed E-state index contributed by atoms with van der Waals surface area (Å²) in [5.41, 5.74) is -0.0969. The number of ether oxygens (including phenoxy) is 1. The zero-order valence-electron chi connectivity index (χ0n) is 17.8. The number of hydrogen-bond acceptors (Lipinski definition) is 1. The smallest absolute Gasteiger partial charge is 0.195 e. The van der Waals surface area contributed by atoms with Gasteiger partial charge in [0.1, 0.15) is 18.2 Å². The molecule has 0 N–H and O–H groups in total. The van der Waals surface area contributed by atoms with Gasteiger partial charge in [-0.1, -0.05) is 25.5 Å². The van der Waals surface area contributed by atoms with Gasteiger partial charge in [-0.05, 0) is 64.9 Å². The fourth-order valence-corrected chi connectivity index (χ4v) is 3.78. The van der Waals surface area contributed by atoms with E-state index in [-0.39, 0.29) is 21.9 Å². The van der Waals surface area contributed by atoms with Crippen molar-refractivity contribution in [1.82, 2.24) is 0 Å². The first-order valence-electron chi connectivity index (χ1n) is 10.4. The molecule has 4 rings (SSSR count). The normalized spacial score (nSPS) is 11.3. The Morgan fingerprint density at radius 2 is 1.26 bits per heavy atom. The lowest BCUT2D eigenvalue weighted by Gasteiger charge is -2.12. The van der Waals surface area contributed by atoms with Crippen LogP contribution in [0.25, 0.3) is 21.9 Å². The van der Waals surface area contributed by atoms with E-state index in [9.17, 15) is 30.7 Å². The van der Waals surface area contributed by atoms with E-state index in [4.69, 9.17) is 4.74 Å². The van der Waals surface area contributed by atoms with Gasteiger partial charge in [-0.3, -0.25) is 0 Å². The number of aryl methyl sites for hydroxylation is 1. The Balaban J connectivity index is 1.63. The number of fused-ring (bicyclic) bond motifs is 1. The van der Waals surface area contributed by atoms with Crippen molar-refractivity contribution < 1.29 is 35.5 Å². The summed E-state index contributed by atoms with van der Waals surface area (Å²) in [5, 5.41) is -0.333. The van der Waals surface area contributed by atoms with E-state index >= 15 is 0 Å². The van der Waals surface area contributed by atoms with Gasteiger partial charge < -0.3 is 4.74 Å². The summed E-state index contributed by atoms with van der Waals surface area (Å²) in [6.07, 6.45) is 1.18. The molecule has 1 nitrogen and oxygen atoms in total. The van der Waals surface area contributed by atoms with Crippen LogP contribution in [0, 0.1) is 40.7 Å². The van der Waals surface area contributed by atoms with E-state index in [2.05, 4.69) is 0 Å². The van der Waals surface area contributed by atoms with Gasteiger partial charge in [0, 0.05) is 5.39 Å². The fourth-order valence-electron chi connectivity index (χ4n) is 3.78. The number of rotatable bonds is 6. The Bertz CT molecular complexity index is 1350. The summed E-state index contributed by atoms with van der Waals surface area (Å²) in [6, 6.07) is 8.25. The van der Waals surface area contributed by atoms with Gasteiger partial charge in [-0.25, -0.2) is 30.7 Å². The third kappa shape index (κ3) is 4.44. The molecule has 0 spiro atoms. The van der Waals surface area contributed by atoms with Crippen LogP contribution in [-0.2, 0) is 13.0 Å². The zero-order valence-corrected chi connectivity index (χ0v) is 17.8. The van der Waals surface area contributed by atoms with Crippen LogP contribution >= 0.6 is 0 Å². The quantitative estimate of drug-likeness (QED) is 0.201. The Morgan fingerprint density at radius 3 is 1.88 bits per heavy atom. The number of halogens is 7. The van der Waals surface area contributed by atoms with Crippen molar-refractivity contribution >= 4 is 10.8 Å².